The molecule has 0 aliphatic heterocycles. The van der Waals surface area contributed by atoms with Crippen molar-refractivity contribution in [1.29, 1.82) is 0 Å². The summed E-state index contributed by atoms with van der Waals surface area (Å²) in [4.78, 5) is 12.9. The van der Waals surface area contributed by atoms with E-state index in [9.17, 15) is 4.79 Å². The van der Waals surface area contributed by atoms with E-state index in [4.69, 9.17) is 5.73 Å². The summed E-state index contributed by atoms with van der Waals surface area (Å²) in [5.41, 5.74) is 6.94. The minimum absolute atomic E-state index is 0.0188. The maximum absolute atomic E-state index is 11.8. The van der Waals surface area contributed by atoms with Crippen LogP contribution < -0.4 is 11.1 Å². The third-order valence-electron chi connectivity index (χ3n) is 2.50. The molecule has 0 radical (unpaired) electrons. The summed E-state index contributed by atoms with van der Waals surface area (Å²) in [7, 11) is 0. The Labute approximate surface area is 114 Å². The van der Waals surface area contributed by atoms with Crippen molar-refractivity contribution in [3.05, 3.63) is 29.8 Å². The molecule has 1 rings (SSSR count). The first-order valence-electron chi connectivity index (χ1n) is 6.22. The van der Waals surface area contributed by atoms with Gasteiger partial charge in [0, 0.05) is 17.0 Å². The Hall–Kier alpha value is -1.00. The van der Waals surface area contributed by atoms with E-state index in [1.807, 2.05) is 45.9 Å². The van der Waals surface area contributed by atoms with Gasteiger partial charge < -0.3 is 11.1 Å². The van der Waals surface area contributed by atoms with Crippen LogP contribution in [-0.2, 0) is 4.79 Å². The fourth-order valence-electron chi connectivity index (χ4n) is 1.53. The van der Waals surface area contributed by atoms with Gasteiger partial charge in [0.2, 0.25) is 5.91 Å². The molecule has 0 saturated heterocycles. The van der Waals surface area contributed by atoms with E-state index in [0.29, 0.717) is 0 Å². The minimum Gasteiger partial charge on any atom is -0.353 e. The predicted molar refractivity (Wildman–Crippen MR) is 77.6 cm³/mol. The van der Waals surface area contributed by atoms with Gasteiger partial charge in [-0.05, 0) is 45.4 Å². The van der Waals surface area contributed by atoms with Gasteiger partial charge in [0.05, 0.1) is 5.25 Å². The number of benzene rings is 1. The molecule has 0 heterocycles. The molecule has 0 fully saturated rings. The molecule has 4 heteroatoms. The molecule has 100 valence electrons. The van der Waals surface area contributed by atoms with Crippen LogP contribution in [0.2, 0.25) is 0 Å². The largest absolute Gasteiger partial charge is 0.353 e. The number of rotatable bonds is 5. The first-order chi connectivity index (χ1) is 8.40. The van der Waals surface area contributed by atoms with Crippen molar-refractivity contribution in [1.82, 2.24) is 5.32 Å². The highest BCUT2D eigenvalue weighted by Crippen LogP contribution is 2.25. The third kappa shape index (κ3) is 4.70. The van der Waals surface area contributed by atoms with Gasteiger partial charge in [0.1, 0.15) is 0 Å². The first kappa shape index (κ1) is 15.1. The molecule has 3 N–H and O–H groups in total. The lowest BCUT2D eigenvalue weighted by atomic mass is 10.1. The van der Waals surface area contributed by atoms with Gasteiger partial charge >= 0.3 is 0 Å². The van der Waals surface area contributed by atoms with E-state index in [1.165, 1.54) is 0 Å². The van der Waals surface area contributed by atoms with Crippen LogP contribution in [-0.4, -0.2) is 17.2 Å². The van der Waals surface area contributed by atoms with Gasteiger partial charge in [-0.3, -0.25) is 4.79 Å². The Morgan fingerprint density at radius 3 is 2.50 bits per heavy atom. The molecule has 2 atom stereocenters. The minimum atomic E-state index is -0.101. The Kier molecular flexibility index (Phi) is 5.69. The van der Waals surface area contributed by atoms with Crippen molar-refractivity contribution in [2.45, 2.75) is 49.9 Å². The second-order valence-corrected chi connectivity index (χ2v) is 6.20. The monoisotopic (exact) mass is 266 g/mol. The number of carbonyl (C=O) groups is 1. The van der Waals surface area contributed by atoms with Crippen LogP contribution in [0, 0.1) is 0 Å². The number of hydrogen-bond donors (Lipinski definition) is 2. The number of hydrogen-bond acceptors (Lipinski definition) is 3. The smallest absolute Gasteiger partial charge is 0.233 e. The van der Waals surface area contributed by atoms with Crippen molar-refractivity contribution in [2.75, 3.05) is 0 Å². The van der Waals surface area contributed by atoms with Gasteiger partial charge in [-0.2, -0.15) is 0 Å². The van der Waals surface area contributed by atoms with E-state index in [2.05, 4.69) is 11.4 Å². The Bertz CT molecular complexity index is 405. The van der Waals surface area contributed by atoms with Crippen LogP contribution in [0.1, 0.15) is 39.3 Å². The average molecular weight is 266 g/mol. The van der Waals surface area contributed by atoms with Crippen molar-refractivity contribution in [3.8, 4) is 0 Å². The van der Waals surface area contributed by atoms with E-state index >= 15 is 0 Å². The molecule has 0 aliphatic rings. The highest BCUT2D eigenvalue weighted by Gasteiger charge is 2.15. The van der Waals surface area contributed by atoms with Crippen LogP contribution in [0.3, 0.4) is 0 Å². The molecule has 0 aliphatic carbocycles. The van der Waals surface area contributed by atoms with E-state index < -0.39 is 0 Å². The van der Waals surface area contributed by atoms with E-state index in [1.54, 1.807) is 11.8 Å². The molecule has 2 unspecified atom stereocenters. The molecular formula is C14H22N2OS. The predicted octanol–water partition coefficient (Wildman–Crippen LogP) is 2.71. The highest BCUT2D eigenvalue weighted by molar-refractivity contribution is 8.00. The van der Waals surface area contributed by atoms with Crippen molar-refractivity contribution in [3.63, 3.8) is 0 Å². The summed E-state index contributed by atoms with van der Waals surface area (Å²) >= 11 is 1.56. The summed E-state index contributed by atoms with van der Waals surface area (Å²) in [5.74, 6) is 0.0706. The lowest BCUT2D eigenvalue weighted by Gasteiger charge is -2.15. The molecule has 0 bridgehead atoms. The van der Waals surface area contributed by atoms with E-state index in [-0.39, 0.29) is 23.2 Å². The summed E-state index contributed by atoms with van der Waals surface area (Å²) in [6.45, 7) is 7.80. The number of amides is 1. The maximum atomic E-state index is 11.8. The third-order valence-corrected chi connectivity index (χ3v) is 3.59. The normalized spacial score (nSPS) is 14.3. The molecule has 1 amide bonds. The second kappa shape index (κ2) is 6.81. The molecular weight excluding hydrogens is 244 g/mol. The summed E-state index contributed by atoms with van der Waals surface area (Å²) in [6, 6.07) is 8.24. The zero-order valence-corrected chi connectivity index (χ0v) is 12.3. The van der Waals surface area contributed by atoms with Gasteiger partial charge in [-0.15, -0.1) is 11.8 Å². The topological polar surface area (TPSA) is 55.1 Å². The summed E-state index contributed by atoms with van der Waals surface area (Å²) in [5, 5.41) is 2.81. The standard InChI is InChI=1S/C14H22N2OS/c1-9(2)16-14(17)11(4)18-13-7-5-6-12(8-13)10(3)15/h5-11H,15H2,1-4H3,(H,16,17). The number of thioether (sulfide) groups is 1. The van der Waals surface area contributed by atoms with Crippen molar-refractivity contribution < 1.29 is 4.79 Å². The van der Waals surface area contributed by atoms with Crippen LogP contribution in [0.5, 0.6) is 0 Å². The fourth-order valence-corrected chi connectivity index (χ4v) is 2.48. The maximum Gasteiger partial charge on any atom is 0.233 e. The lowest BCUT2D eigenvalue weighted by Crippen LogP contribution is -2.35. The molecule has 1 aromatic carbocycles. The molecule has 0 saturated carbocycles. The SMILES string of the molecule is CC(C)NC(=O)C(C)Sc1cccc(C(C)N)c1. The van der Waals surface area contributed by atoms with Gasteiger partial charge in [0.25, 0.3) is 0 Å². The lowest BCUT2D eigenvalue weighted by molar-refractivity contribution is -0.120. The molecule has 18 heavy (non-hydrogen) atoms. The van der Waals surface area contributed by atoms with Crippen molar-refractivity contribution in [2.24, 2.45) is 5.73 Å². The zero-order valence-electron chi connectivity index (χ0n) is 11.4. The zero-order chi connectivity index (χ0) is 13.7. The second-order valence-electron chi connectivity index (χ2n) is 4.78. The first-order valence-corrected chi connectivity index (χ1v) is 7.10. The van der Waals surface area contributed by atoms with Crippen LogP contribution in [0.25, 0.3) is 0 Å². The van der Waals surface area contributed by atoms with Crippen LogP contribution in [0.15, 0.2) is 29.2 Å². The summed E-state index contributed by atoms with van der Waals surface area (Å²) < 4.78 is 0. The van der Waals surface area contributed by atoms with Gasteiger partial charge in [0.15, 0.2) is 0 Å². The number of carbonyl (C=O) groups excluding carboxylic acids is 1. The Balaban J connectivity index is 2.66. The van der Waals surface area contributed by atoms with Gasteiger partial charge in [-0.1, -0.05) is 12.1 Å². The van der Waals surface area contributed by atoms with E-state index in [0.717, 1.165) is 10.5 Å². The average Bonchev–Trinajstić information content (AvgIpc) is 2.28. The highest BCUT2D eigenvalue weighted by atomic mass is 32.2. The Morgan fingerprint density at radius 1 is 1.28 bits per heavy atom. The molecule has 3 nitrogen and oxygen atoms in total. The molecule has 0 spiro atoms. The molecule has 1 aromatic rings. The quantitative estimate of drug-likeness (QED) is 0.806. The number of nitrogens with two attached hydrogens (primary N) is 1. The molecule has 0 aromatic heterocycles. The van der Waals surface area contributed by atoms with Crippen LogP contribution >= 0.6 is 11.8 Å². The number of nitrogens with one attached hydrogen (secondary N) is 1. The van der Waals surface area contributed by atoms with Crippen molar-refractivity contribution >= 4 is 17.7 Å². The van der Waals surface area contributed by atoms with Gasteiger partial charge in [-0.25, -0.2) is 0 Å². The Morgan fingerprint density at radius 2 is 1.94 bits per heavy atom. The fraction of sp³-hybridized carbons (Fsp3) is 0.500. The van der Waals surface area contributed by atoms with Crippen LogP contribution in [0.4, 0.5) is 0 Å². The summed E-state index contributed by atoms with van der Waals surface area (Å²) in [6.07, 6.45) is 0.